The molecule has 164 valence electrons. The topological polar surface area (TPSA) is 92.6 Å². The van der Waals surface area contributed by atoms with Gasteiger partial charge in [0.2, 0.25) is 5.91 Å². The third kappa shape index (κ3) is 5.61. The van der Waals surface area contributed by atoms with Crippen molar-refractivity contribution in [3.63, 3.8) is 0 Å². The Hall–Kier alpha value is -2.94. The number of benzene rings is 2. The summed E-state index contributed by atoms with van der Waals surface area (Å²) in [4.78, 5) is 37.5. The fraction of sp³-hybridized carbons (Fsp3) is 0.364. The van der Waals surface area contributed by atoms with Crippen LogP contribution in [-0.2, 0) is 10.5 Å². The number of aryl methyl sites for hydroxylation is 1. The second-order valence-corrected chi connectivity index (χ2v) is 8.46. The number of hydrogen-bond acceptors (Lipinski definition) is 5. The van der Waals surface area contributed by atoms with Crippen molar-refractivity contribution >= 4 is 29.3 Å². The monoisotopic (exact) mass is 445 g/mol. The molecule has 1 atom stereocenters. The molecule has 0 aromatic heterocycles. The molecule has 0 bridgehead atoms. The van der Waals surface area contributed by atoms with E-state index in [0.717, 1.165) is 6.42 Å². The summed E-state index contributed by atoms with van der Waals surface area (Å²) in [5, 5.41) is 13.8. The standard InChI is InChI=1S/C22H24FN3O4S/c1-15-13-16(8-9-19(15)26(29)30)22(28)25-11-4-7-20(25)21(27)24-10-12-31-14-17-5-2-3-6-18(17)23/h2-3,5-6,8-9,13,20H,4,7,10-12,14H2,1H3,(H,24,27). The number of nitro groups is 1. The van der Waals surface area contributed by atoms with E-state index >= 15 is 0 Å². The molecule has 1 unspecified atom stereocenters. The number of carbonyl (C=O) groups is 2. The molecular formula is C22H24FN3O4S. The van der Waals surface area contributed by atoms with Crippen molar-refractivity contribution in [3.8, 4) is 0 Å². The number of rotatable bonds is 8. The number of thioether (sulfide) groups is 1. The lowest BCUT2D eigenvalue weighted by molar-refractivity contribution is -0.385. The lowest BCUT2D eigenvalue weighted by atomic mass is 10.1. The highest BCUT2D eigenvalue weighted by Crippen LogP contribution is 2.24. The number of amides is 2. The van der Waals surface area contributed by atoms with Crippen molar-refractivity contribution in [2.24, 2.45) is 0 Å². The number of carbonyl (C=O) groups excluding carboxylic acids is 2. The Morgan fingerprint density at radius 1 is 1.29 bits per heavy atom. The van der Waals surface area contributed by atoms with E-state index in [0.29, 0.717) is 47.7 Å². The van der Waals surface area contributed by atoms with Crippen LogP contribution >= 0.6 is 11.8 Å². The summed E-state index contributed by atoms with van der Waals surface area (Å²) in [5.41, 5.74) is 1.33. The van der Waals surface area contributed by atoms with Gasteiger partial charge in [-0.3, -0.25) is 19.7 Å². The molecule has 2 aromatic carbocycles. The number of nitro benzene ring substituents is 1. The van der Waals surface area contributed by atoms with Gasteiger partial charge >= 0.3 is 0 Å². The Balaban J connectivity index is 1.51. The van der Waals surface area contributed by atoms with Crippen molar-refractivity contribution < 1.29 is 18.9 Å². The fourth-order valence-corrected chi connectivity index (χ4v) is 4.45. The van der Waals surface area contributed by atoms with Gasteiger partial charge in [-0.2, -0.15) is 11.8 Å². The minimum atomic E-state index is -0.556. The zero-order valence-corrected chi connectivity index (χ0v) is 18.0. The Bertz CT molecular complexity index is 985. The van der Waals surface area contributed by atoms with Gasteiger partial charge in [0.1, 0.15) is 11.9 Å². The van der Waals surface area contributed by atoms with Gasteiger partial charge < -0.3 is 10.2 Å². The van der Waals surface area contributed by atoms with Crippen molar-refractivity contribution in [3.05, 3.63) is 75.1 Å². The van der Waals surface area contributed by atoms with Gasteiger partial charge in [-0.05, 0) is 43.5 Å². The van der Waals surface area contributed by atoms with E-state index in [-0.39, 0.29) is 23.3 Å². The summed E-state index contributed by atoms with van der Waals surface area (Å²) >= 11 is 1.52. The van der Waals surface area contributed by atoms with Crippen LogP contribution in [0.1, 0.15) is 34.3 Å². The molecule has 0 spiro atoms. The van der Waals surface area contributed by atoms with Gasteiger partial charge in [-0.15, -0.1) is 0 Å². The molecule has 1 heterocycles. The van der Waals surface area contributed by atoms with Gasteiger partial charge in [0.05, 0.1) is 4.92 Å². The van der Waals surface area contributed by atoms with Gasteiger partial charge in [0.25, 0.3) is 11.6 Å². The normalized spacial score (nSPS) is 15.7. The first-order chi connectivity index (χ1) is 14.9. The molecule has 0 aliphatic carbocycles. The SMILES string of the molecule is Cc1cc(C(=O)N2CCCC2C(=O)NCCSCc2ccccc2F)ccc1[N+](=O)[O-]. The van der Waals surface area contributed by atoms with Gasteiger partial charge in [-0.25, -0.2) is 4.39 Å². The maximum atomic E-state index is 13.6. The first-order valence-corrected chi connectivity index (χ1v) is 11.2. The average molecular weight is 446 g/mol. The zero-order chi connectivity index (χ0) is 22.4. The third-order valence-corrected chi connectivity index (χ3v) is 6.23. The fourth-order valence-electron chi connectivity index (χ4n) is 3.60. The van der Waals surface area contributed by atoms with Crippen LogP contribution in [0.25, 0.3) is 0 Å². The quantitative estimate of drug-likeness (QED) is 0.380. The van der Waals surface area contributed by atoms with Crippen LogP contribution in [0.3, 0.4) is 0 Å². The second-order valence-electron chi connectivity index (χ2n) is 7.35. The zero-order valence-electron chi connectivity index (χ0n) is 17.2. The highest BCUT2D eigenvalue weighted by Gasteiger charge is 2.34. The summed E-state index contributed by atoms with van der Waals surface area (Å²) in [6.45, 7) is 2.48. The maximum absolute atomic E-state index is 13.6. The molecule has 0 saturated carbocycles. The van der Waals surface area contributed by atoms with Crippen molar-refractivity contribution in [2.75, 3.05) is 18.8 Å². The van der Waals surface area contributed by atoms with Crippen LogP contribution in [0.4, 0.5) is 10.1 Å². The molecule has 0 radical (unpaired) electrons. The lowest BCUT2D eigenvalue weighted by Crippen LogP contribution is -2.46. The molecule has 1 saturated heterocycles. The third-order valence-electron chi connectivity index (χ3n) is 5.22. The molecule has 9 heteroatoms. The van der Waals surface area contributed by atoms with Crippen LogP contribution in [0.5, 0.6) is 0 Å². The van der Waals surface area contributed by atoms with Crippen LogP contribution in [0, 0.1) is 22.9 Å². The van der Waals surface area contributed by atoms with Gasteiger partial charge in [-0.1, -0.05) is 18.2 Å². The first kappa shape index (κ1) is 22.7. The van der Waals surface area contributed by atoms with E-state index < -0.39 is 11.0 Å². The van der Waals surface area contributed by atoms with Gasteiger partial charge in [0, 0.05) is 41.8 Å². The molecule has 2 amide bonds. The molecule has 1 aliphatic rings. The largest absolute Gasteiger partial charge is 0.353 e. The molecule has 31 heavy (non-hydrogen) atoms. The number of likely N-dealkylation sites (tertiary alicyclic amines) is 1. The summed E-state index contributed by atoms with van der Waals surface area (Å²) in [7, 11) is 0. The van der Waals surface area contributed by atoms with Gasteiger partial charge in [0.15, 0.2) is 0 Å². The van der Waals surface area contributed by atoms with E-state index in [9.17, 15) is 24.1 Å². The predicted octanol–water partition coefficient (Wildman–Crippen LogP) is 3.70. The highest BCUT2D eigenvalue weighted by molar-refractivity contribution is 7.98. The minimum absolute atomic E-state index is 0.0415. The van der Waals surface area contributed by atoms with Crippen molar-refractivity contribution in [1.82, 2.24) is 10.2 Å². The molecule has 7 nitrogen and oxygen atoms in total. The minimum Gasteiger partial charge on any atom is -0.353 e. The Labute approximate surface area is 184 Å². The van der Waals surface area contributed by atoms with Crippen LogP contribution in [0.15, 0.2) is 42.5 Å². The molecular weight excluding hydrogens is 421 g/mol. The molecule has 1 N–H and O–H groups in total. The Kier molecular flexibility index (Phi) is 7.62. The predicted molar refractivity (Wildman–Crippen MR) is 117 cm³/mol. The van der Waals surface area contributed by atoms with Crippen LogP contribution in [-0.4, -0.2) is 46.5 Å². The lowest BCUT2D eigenvalue weighted by Gasteiger charge is -2.24. The van der Waals surface area contributed by atoms with Crippen LogP contribution < -0.4 is 5.32 Å². The second kappa shape index (κ2) is 10.4. The number of nitrogens with zero attached hydrogens (tertiary/aromatic N) is 2. The number of hydrogen-bond donors (Lipinski definition) is 1. The van der Waals surface area contributed by atoms with Crippen LogP contribution in [0.2, 0.25) is 0 Å². The molecule has 1 aliphatic heterocycles. The maximum Gasteiger partial charge on any atom is 0.272 e. The smallest absolute Gasteiger partial charge is 0.272 e. The van der Waals surface area contributed by atoms with E-state index in [1.807, 2.05) is 0 Å². The molecule has 2 aromatic rings. The van der Waals surface area contributed by atoms with Crippen molar-refractivity contribution in [2.45, 2.75) is 31.6 Å². The molecule has 3 rings (SSSR count). The summed E-state index contributed by atoms with van der Waals surface area (Å²) in [6.07, 6.45) is 1.30. The van der Waals surface area contributed by atoms with E-state index in [1.54, 1.807) is 25.1 Å². The van der Waals surface area contributed by atoms with E-state index in [2.05, 4.69) is 5.32 Å². The van der Waals surface area contributed by atoms with Crippen molar-refractivity contribution in [1.29, 1.82) is 0 Å². The Morgan fingerprint density at radius 3 is 2.77 bits per heavy atom. The summed E-state index contributed by atoms with van der Waals surface area (Å²) < 4.78 is 13.6. The van der Waals surface area contributed by atoms with E-state index in [1.165, 1.54) is 40.9 Å². The first-order valence-electron chi connectivity index (χ1n) is 10.0. The van der Waals surface area contributed by atoms with E-state index in [4.69, 9.17) is 0 Å². The summed E-state index contributed by atoms with van der Waals surface area (Å²) in [6, 6.07) is 10.3. The number of halogens is 1. The average Bonchev–Trinajstić information content (AvgIpc) is 3.23. The highest BCUT2D eigenvalue weighted by atomic mass is 32.2. The molecule has 1 fully saturated rings. The Morgan fingerprint density at radius 2 is 2.06 bits per heavy atom. The number of nitrogens with one attached hydrogen (secondary N) is 1. The summed E-state index contributed by atoms with van der Waals surface area (Å²) in [5.74, 6) is 0.402.